The van der Waals surface area contributed by atoms with Crippen molar-refractivity contribution < 1.29 is 0 Å². The lowest BCUT2D eigenvalue weighted by Crippen LogP contribution is -2.12. The average molecular weight is 257 g/mol. The van der Waals surface area contributed by atoms with Gasteiger partial charge in [-0.15, -0.1) is 11.6 Å². The maximum Gasteiger partial charge on any atom is 0.101 e. The van der Waals surface area contributed by atoms with Crippen LogP contribution in [0.2, 0.25) is 0 Å². The van der Waals surface area contributed by atoms with E-state index in [-0.39, 0.29) is 0 Å². The lowest BCUT2D eigenvalue weighted by molar-refractivity contribution is 1.17. The van der Waals surface area contributed by atoms with Crippen molar-refractivity contribution in [2.75, 3.05) is 11.9 Å². The van der Waals surface area contributed by atoms with Crippen LogP contribution < -0.4 is 4.90 Å². The second-order valence-electron chi connectivity index (χ2n) is 3.95. The van der Waals surface area contributed by atoms with Crippen LogP contribution in [0.4, 0.5) is 11.4 Å². The van der Waals surface area contributed by atoms with E-state index >= 15 is 0 Å². The molecule has 0 amide bonds. The van der Waals surface area contributed by atoms with Crippen LogP contribution in [0.25, 0.3) is 0 Å². The zero-order valence-corrected chi connectivity index (χ0v) is 10.9. The van der Waals surface area contributed by atoms with E-state index in [1.165, 1.54) is 0 Å². The number of halogens is 1. The zero-order valence-electron chi connectivity index (χ0n) is 10.1. The molecule has 0 spiro atoms. The minimum Gasteiger partial charge on any atom is -0.343 e. The Labute approximate surface area is 112 Å². The molecule has 90 valence electrons. The number of nitriles is 1. The first-order chi connectivity index (χ1) is 8.77. The summed E-state index contributed by atoms with van der Waals surface area (Å²) in [5.41, 5.74) is 3.62. The van der Waals surface area contributed by atoms with Gasteiger partial charge in [0.25, 0.3) is 0 Å². The van der Waals surface area contributed by atoms with E-state index in [4.69, 9.17) is 16.9 Å². The molecule has 0 bridgehead atoms. The van der Waals surface area contributed by atoms with Gasteiger partial charge in [0, 0.05) is 18.6 Å². The van der Waals surface area contributed by atoms with E-state index in [1.54, 1.807) is 0 Å². The number of benzene rings is 2. The maximum atomic E-state index is 9.14. The number of hydrogen-bond acceptors (Lipinski definition) is 2. The summed E-state index contributed by atoms with van der Waals surface area (Å²) in [5.74, 6) is 0.454. The van der Waals surface area contributed by atoms with Crippen LogP contribution in [-0.2, 0) is 5.88 Å². The summed E-state index contributed by atoms with van der Waals surface area (Å²) in [5, 5.41) is 9.14. The first kappa shape index (κ1) is 12.5. The topological polar surface area (TPSA) is 27.0 Å². The maximum absolute atomic E-state index is 9.14. The summed E-state index contributed by atoms with van der Waals surface area (Å²) in [6, 6.07) is 17.7. The highest BCUT2D eigenvalue weighted by molar-refractivity contribution is 6.17. The highest BCUT2D eigenvalue weighted by atomic mass is 35.5. The van der Waals surface area contributed by atoms with Gasteiger partial charge >= 0.3 is 0 Å². The van der Waals surface area contributed by atoms with Crippen molar-refractivity contribution in [3.05, 3.63) is 59.7 Å². The lowest BCUT2D eigenvalue weighted by Gasteiger charge is -2.22. The second kappa shape index (κ2) is 5.57. The number of para-hydroxylation sites is 2. The number of rotatable bonds is 3. The van der Waals surface area contributed by atoms with Crippen molar-refractivity contribution >= 4 is 23.0 Å². The van der Waals surface area contributed by atoms with Crippen molar-refractivity contribution in [3.63, 3.8) is 0 Å². The first-order valence-corrected chi connectivity index (χ1v) is 6.18. The van der Waals surface area contributed by atoms with Crippen LogP contribution in [0, 0.1) is 11.3 Å². The molecule has 0 saturated heterocycles. The Balaban J connectivity index is 2.48. The van der Waals surface area contributed by atoms with Crippen LogP contribution in [0.1, 0.15) is 11.1 Å². The van der Waals surface area contributed by atoms with Gasteiger partial charge in [0.2, 0.25) is 0 Å². The normalized spacial score (nSPS) is 9.83. The summed E-state index contributed by atoms with van der Waals surface area (Å²) >= 11 is 5.95. The van der Waals surface area contributed by atoms with Crippen molar-refractivity contribution in [2.24, 2.45) is 0 Å². The zero-order chi connectivity index (χ0) is 13.0. The molecule has 2 nitrogen and oxygen atoms in total. The van der Waals surface area contributed by atoms with E-state index in [2.05, 4.69) is 6.07 Å². The molecule has 0 unspecified atom stereocenters. The molecule has 0 radical (unpaired) electrons. The number of alkyl halides is 1. The molecule has 0 N–H and O–H groups in total. The van der Waals surface area contributed by atoms with Crippen LogP contribution >= 0.6 is 11.6 Å². The Morgan fingerprint density at radius 2 is 1.67 bits per heavy atom. The molecule has 0 aromatic heterocycles. The molecule has 2 aromatic rings. The molecule has 0 aliphatic carbocycles. The molecule has 0 heterocycles. The largest absolute Gasteiger partial charge is 0.343 e. The SMILES string of the molecule is CN(c1ccccc1C#N)c1ccccc1CCl. The average Bonchev–Trinajstić information content (AvgIpc) is 2.46. The standard InChI is InChI=1S/C15H13ClN2/c1-18(14-8-4-2-6-12(14)10-16)15-9-5-3-7-13(15)11-17/h2-9H,10H2,1H3. The summed E-state index contributed by atoms with van der Waals surface area (Å²) in [4.78, 5) is 2.00. The Hall–Kier alpha value is -1.98. The van der Waals surface area contributed by atoms with Gasteiger partial charge in [-0.2, -0.15) is 5.26 Å². The molecule has 0 aliphatic heterocycles. The van der Waals surface area contributed by atoms with Crippen molar-refractivity contribution in [3.8, 4) is 6.07 Å². The van der Waals surface area contributed by atoms with E-state index in [0.717, 1.165) is 16.9 Å². The second-order valence-corrected chi connectivity index (χ2v) is 4.22. The highest BCUT2D eigenvalue weighted by Gasteiger charge is 2.11. The lowest BCUT2D eigenvalue weighted by atomic mass is 10.1. The molecule has 2 aromatic carbocycles. The van der Waals surface area contributed by atoms with Gasteiger partial charge in [-0.1, -0.05) is 30.3 Å². The summed E-state index contributed by atoms with van der Waals surface area (Å²) in [6.45, 7) is 0. The third-order valence-electron chi connectivity index (χ3n) is 2.88. The Kier molecular flexibility index (Phi) is 3.86. The monoisotopic (exact) mass is 256 g/mol. The van der Waals surface area contributed by atoms with Gasteiger partial charge in [-0.25, -0.2) is 0 Å². The minimum absolute atomic E-state index is 0.454. The fourth-order valence-corrected chi connectivity index (χ4v) is 2.17. The highest BCUT2D eigenvalue weighted by Crippen LogP contribution is 2.29. The van der Waals surface area contributed by atoms with E-state index < -0.39 is 0 Å². The fourth-order valence-electron chi connectivity index (χ4n) is 1.94. The van der Waals surface area contributed by atoms with Gasteiger partial charge in [-0.05, 0) is 23.8 Å². The van der Waals surface area contributed by atoms with E-state index in [1.807, 2.05) is 60.5 Å². The fraction of sp³-hybridized carbons (Fsp3) is 0.133. The molecular weight excluding hydrogens is 244 g/mol. The minimum atomic E-state index is 0.454. The number of hydrogen-bond donors (Lipinski definition) is 0. The van der Waals surface area contributed by atoms with Crippen LogP contribution in [0.15, 0.2) is 48.5 Å². The van der Waals surface area contributed by atoms with Crippen molar-refractivity contribution in [1.29, 1.82) is 5.26 Å². The molecule has 2 rings (SSSR count). The molecule has 0 fully saturated rings. The summed E-state index contributed by atoms with van der Waals surface area (Å²) < 4.78 is 0. The van der Waals surface area contributed by atoms with Crippen LogP contribution in [0.3, 0.4) is 0 Å². The molecule has 0 atom stereocenters. The van der Waals surface area contributed by atoms with Gasteiger partial charge in [-0.3, -0.25) is 0 Å². The van der Waals surface area contributed by atoms with Crippen LogP contribution in [-0.4, -0.2) is 7.05 Å². The molecule has 3 heteroatoms. The smallest absolute Gasteiger partial charge is 0.101 e. The third-order valence-corrected chi connectivity index (χ3v) is 3.17. The molecular formula is C15H13ClN2. The van der Waals surface area contributed by atoms with E-state index in [0.29, 0.717) is 11.4 Å². The molecule has 0 saturated carbocycles. The third kappa shape index (κ3) is 2.32. The van der Waals surface area contributed by atoms with Crippen LogP contribution in [0.5, 0.6) is 0 Å². The predicted octanol–water partition coefficient (Wildman–Crippen LogP) is 4.06. The quantitative estimate of drug-likeness (QED) is 0.774. The number of anilines is 2. The Morgan fingerprint density at radius 3 is 2.33 bits per heavy atom. The van der Waals surface area contributed by atoms with Gasteiger partial charge in [0.1, 0.15) is 6.07 Å². The van der Waals surface area contributed by atoms with Gasteiger partial charge < -0.3 is 4.90 Å². The Bertz CT molecular complexity index is 587. The molecule has 18 heavy (non-hydrogen) atoms. The van der Waals surface area contributed by atoms with Crippen molar-refractivity contribution in [1.82, 2.24) is 0 Å². The van der Waals surface area contributed by atoms with Gasteiger partial charge in [0.15, 0.2) is 0 Å². The van der Waals surface area contributed by atoms with Crippen molar-refractivity contribution in [2.45, 2.75) is 5.88 Å². The summed E-state index contributed by atoms with van der Waals surface area (Å²) in [7, 11) is 1.95. The molecule has 0 aliphatic rings. The predicted molar refractivity (Wildman–Crippen MR) is 75.2 cm³/mol. The first-order valence-electron chi connectivity index (χ1n) is 5.64. The van der Waals surface area contributed by atoms with E-state index in [9.17, 15) is 0 Å². The van der Waals surface area contributed by atoms with Gasteiger partial charge in [0.05, 0.1) is 11.3 Å². The number of nitrogens with zero attached hydrogens (tertiary/aromatic N) is 2. The Morgan fingerprint density at radius 1 is 1.06 bits per heavy atom. The summed E-state index contributed by atoms with van der Waals surface area (Å²) in [6.07, 6.45) is 0.